The van der Waals surface area contributed by atoms with Crippen molar-refractivity contribution in [3.05, 3.63) is 41.0 Å². The van der Waals surface area contributed by atoms with Crippen LogP contribution in [0.3, 0.4) is 0 Å². The molecule has 9 heteroatoms. The van der Waals surface area contributed by atoms with E-state index in [-0.39, 0.29) is 5.56 Å². The molecule has 0 saturated carbocycles. The van der Waals surface area contributed by atoms with Gasteiger partial charge in [-0.05, 0) is 18.2 Å². The first kappa shape index (κ1) is 17.2. The maximum Gasteiger partial charge on any atom is 0.417 e. The van der Waals surface area contributed by atoms with Crippen molar-refractivity contribution in [3.8, 4) is 6.07 Å². The second-order valence-electron chi connectivity index (χ2n) is 5.83. The Kier molecular flexibility index (Phi) is 4.63. The van der Waals surface area contributed by atoms with Gasteiger partial charge in [-0.1, -0.05) is 5.16 Å². The number of rotatable bonds is 3. The molecule has 0 radical (unpaired) electrons. The number of aryl methyl sites for hydroxylation is 1. The Morgan fingerprint density at radius 2 is 1.96 bits per heavy atom. The van der Waals surface area contributed by atoms with Crippen molar-refractivity contribution in [3.63, 3.8) is 0 Å². The van der Waals surface area contributed by atoms with E-state index in [9.17, 15) is 13.2 Å². The summed E-state index contributed by atoms with van der Waals surface area (Å²) in [6.45, 7) is 4.79. The van der Waals surface area contributed by atoms with Crippen LogP contribution in [0.25, 0.3) is 0 Å². The zero-order chi connectivity index (χ0) is 18.0. The third-order valence-electron chi connectivity index (χ3n) is 4.10. The number of nitriles is 1. The number of piperazine rings is 1. The van der Waals surface area contributed by atoms with Gasteiger partial charge in [0.05, 0.1) is 23.7 Å². The van der Waals surface area contributed by atoms with Crippen molar-refractivity contribution in [2.24, 2.45) is 0 Å². The van der Waals surface area contributed by atoms with Crippen molar-refractivity contribution in [2.75, 3.05) is 31.1 Å². The number of hydrogen-bond acceptors (Lipinski definition) is 6. The fourth-order valence-corrected chi connectivity index (χ4v) is 2.83. The zero-order valence-electron chi connectivity index (χ0n) is 13.5. The van der Waals surface area contributed by atoms with Crippen molar-refractivity contribution in [1.29, 1.82) is 5.26 Å². The highest BCUT2D eigenvalue weighted by Gasteiger charge is 2.34. The highest BCUT2D eigenvalue weighted by molar-refractivity contribution is 5.55. The third kappa shape index (κ3) is 3.91. The van der Waals surface area contributed by atoms with Crippen LogP contribution >= 0.6 is 0 Å². The number of halogens is 3. The largest absolute Gasteiger partial charge is 0.417 e. The summed E-state index contributed by atoms with van der Waals surface area (Å²) >= 11 is 0. The molecule has 132 valence electrons. The van der Waals surface area contributed by atoms with Crippen molar-refractivity contribution in [1.82, 2.24) is 15.0 Å². The summed E-state index contributed by atoms with van der Waals surface area (Å²) in [7, 11) is 0. The molecule has 2 aromatic rings. The number of aromatic nitrogens is 2. The average Bonchev–Trinajstić information content (AvgIpc) is 2.99. The number of anilines is 1. The third-order valence-corrected chi connectivity index (χ3v) is 4.10. The summed E-state index contributed by atoms with van der Waals surface area (Å²) in [5.74, 6) is 1.11. The molecular weight excluding hydrogens is 335 g/mol. The van der Waals surface area contributed by atoms with Crippen LogP contribution in [0.4, 0.5) is 18.9 Å². The minimum Gasteiger partial charge on any atom is -0.369 e. The van der Waals surface area contributed by atoms with E-state index >= 15 is 0 Å². The van der Waals surface area contributed by atoms with Gasteiger partial charge in [0, 0.05) is 38.8 Å². The van der Waals surface area contributed by atoms with E-state index in [1.807, 2.05) is 4.90 Å². The van der Waals surface area contributed by atoms with E-state index in [0.29, 0.717) is 50.1 Å². The quantitative estimate of drug-likeness (QED) is 0.847. The Bertz CT molecular complexity index is 788. The summed E-state index contributed by atoms with van der Waals surface area (Å²) in [6.07, 6.45) is -4.54. The van der Waals surface area contributed by atoms with Crippen molar-refractivity contribution in [2.45, 2.75) is 19.6 Å². The fraction of sp³-hybridized carbons (Fsp3) is 0.438. The van der Waals surface area contributed by atoms with Gasteiger partial charge in [-0.15, -0.1) is 0 Å². The van der Waals surface area contributed by atoms with E-state index in [2.05, 4.69) is 15.0 Å². The standard InChI is InChI=1S/C16H16F3N5O/c1-11-21-15(22-25-11)10-23-4-6-24(7-5-23)13-3-2-12(9-20)14(8-13)16(17,18)19/h2-3,8H,4-7,10H2,1H3. The SMILES string of the molecule is Cc1nc(CN2CCN(c3ccc(C#N)c(C(F)(F)F)c3)CC2)no1. The number of benzene rings is 1. The topological polar surface area (TPSA) is 69.2 Å². The van der Waals surface area contributed by atoms with Gasteiger partial charge in [-0.3, -0.25) is 4.90 Å². The van der Waals surface area contributed by atoms with Gasteiger partial charge in [0.2, 0.25) is 5.89 Å². The second-order valence-corrected chi connectivity index (χ2v) is 5.83. The molecule has 3 rings (SSSR count). The van der Waals surface area contributed by atoms with Crippen LogP contribution in [0.2, 0.25) is 0 Å². The Hall–Kier alpha value is -2.60. The fourth-order valence-electron chi connectivity index (χ4n) is 2.83. The highest BCUT2D eigenvalue weighted by atomic mass is 19.4. The Morgan fingerprint density at radius 3 is 2.52 bits per heavy atom. The molecule has 0 spiro atoms. The molecule has 25 heavy (non-hydrogen) atoms. The lowest BCUT2D eigenvalue weighted by atomic mass is 10.1. The molecule has 1 aliphatic heterocycles. The first-order valence-corrected chi connectivity index (χ1v) is 7.74. The molecule has 0 amide bonds. The van der Waals surface area contributed by atoms with E-state index in [1.165, 1.54) is 6.07 Å². The molecule has 1 aromatic heterocycles. The van der Waals surface area contributed by atoms with Gasteiger partial charge in [-0.25, -0.2) is 0 Å². The maximum atomic E-state index is 13.1. The van der Waals surface area contributed by atoms with E-state index in [1.54, 1.807) is 19.1 Å². The van der Waals surface area contributed by atoms with Gasteiger partial charge in [0.25, 0.3) is 0 Å². The van der Waals surface area contributed by atoms with Crippen molar-refractivity contribution >= 4 is 5.69 Å². The number of alkyl halides is 3. The van der Waals surface area contributed by atoms with Crippen LogP contribution in [0, 0.1) is 18.3 Å². The minimum atomic E-state index is -4.54. The maximum absolute atomic E-state index is 13.1. The summed E-state index contributed by atoms with van der Waals surface area (Å²) in [6, 6.07) is 5.44. The predicted molar refractivity (Wildman–Crippen MR) is 82.7 cm³/mol. The molecule has 0 atom stereocenters. The van der Waals surface area contributed by atoms with Crippen LogP contribution in [-0.4, -0.2) is 41.2 Å². The molecule has 2 heterocycles. The lowest BCUT2D eigenvalue weighted by Crippen LogP contribution is -2.46. The van der Waals surface area contributed by atoms with Crippen molar-refractivity contribution < 1.29 is 17.7 Å². The zero-order valence-corrected chi connectivity index (χ0v) is 13.5. The Labute approximate surface area is 142 Å². The summed E-state index contributed by atoms with van der Waals surface area (Å²) in [4.78, 5) is 8.15. The normalized spacial score (nSPS) is 16.0. The van der Waals surface area contributed by atoms with Gasteiger partial charge in [0.1, 0.15) is 0 Å². The summed E-state index contributed by atoms with van der Waals surface area (Å²) in [5.41, 5.74) is -0.777. The number of nitrogens with zero attached hydrogens (tertiary/aromatic N) is 5. The predicted octanol–water partition coefficient (Wildman–Crippen LogP) is 2.59. The molecule has 1 aromatic carbocycles. The molecular formula is C16H16F3N5O. The lowest BCUT2D eigenvalue weighted by Gasteiger charge is -2.35. The number of hydrogen-bond donors (Lipinski definition) is 0. The minimum absolute atomic E-state index is 0.359. The Balaban J connectivity index is 1.67. The first-order chi connectivity index (χ1) is 11.9. The molecule has 0 N–H and O–H groups in total. The van der Waals surface area contributed by atoms with E-state index < -0.39 is 11.7 Å². The van der Waals surface area contributed by atoms with Gasteiger partial charge < -0.3 is 9.42 Å². The lowest BCUT2D eigenvalue weighted by molar-refractivity contribution is -0.137. The van der Waals surface area contributed by atoms with E-state index in [0.717, 1.165) is 6.07 Å². The van der Waals surface area contributed by atoms with Crippen LogP contribution < -0.4 is 4.90 Å². The van der Waals surface area contributed by atoms with Crippen LogP contribution in [-0.2, 0) is 12.7 Å². The van der Waals surface area contributed by atoms with Crippen LogP contribution in [0.5, 0.6) is 0 Å². The van der Waals surface area contributed by atoms with Crippen LogP contribution in [0.1, 0.15) is 22.8 Å². The smallest absolute Gasteiger partial charge is 0.369 e. The first-order valence-electron chi connectivity index (χ1n) is 7.74. The van der Waals surface area contributed by atoms with Gasteiger partial charge >= 0.3 is 6.18 Å². The van der Waals surface area contributed by atoms with Gasteiger partial charge in [-0.2, -0.15) is 23.4 Å². The van der Waals surface area contributed by atoms with Gasteiger partial charge in [0.15, 0.2) is 5.82 Å². The molecule has 0 unspecified atom stereocenters. The second kappa shape index (κ2) is 6.72. The van der Waals surface area contributed by atoms with Crippen LogP contribution in [0.15, 0.2) is 22.7 Å². The molecule has 0 aliphatic carbocycles. The summed E-state index contributed by atoms with van der Waals surface area (Å²) < 4.78 is 44.2. The Morgan fingerprint density at radius 1 is 1.24 bits per heavy atom. The monoisotopic (exact) mass is 351 g/mol. The molecule has 0 bridgehead atoms. The molecule has 1 fully saturated rings. The molecule has 1 aliphatic rings. The average molecular weight is 351 g/mol. The van der Waals surface area contributed by atoms with E-state index in [4.69, 9.17) is 9.78 Å². The molecule has 1 saturated heterocycles. The highest BCUT2D eigenvalue weighted by Crippen LogP contribution is 2.34. The molecule has 6 nitrogen and oxygen atoms in total. The summed E-state index contributed by atoms with van der Waals surface area (Å²) in [5, 5.41) is 12.7.